The standard InChI is InChI=1S/C13H21BrN2O2S.ClH/c1-8-9(14)10(18-5)11(19-8)12(17)16(4)7-13(2,3)6-15;/h6-7,15H2,1-5H3;1H. The summed E-state index contributed by atoms with van der Waals surface area (Å²) in [4.78, 5) is 15.8. The lowest BCUT2D eigenvalue weighted by Gasteiger charge is -2.28. The van der Waals surface area contributed by atoms with Gasteiger partial charge in [0, 0.05) is 18.5 Å². The van der Waals surface area contributed by atoms with E-state index < -0.39 is 0 Å². The molecule has 0 aliphatic heterocycles. The molecule has 0 aliphatic rings. The largest absolute Gasteiger partial charge is 0.494 e. The molecule has 0 bridgehead atoms. The molecule has 0 aliphatic carbocycles. The zero-order chi connectivity index (χ0) is 14.8. The Balaban J connectivity index is 0.00000361. The van der Waals surface area contributed by atoms with E-state index in [1.165, 1.54) is 11.3 Å². The Morgan fingerprint density at radius 3 is 2.50 bits per heavy atom. The molecule has 0 radical (unpaired) electrons. The summed E-state index contributed by atoms with van der Waals surface area (Å²) >= 11 is 4.89. The summed E-state index contributed by atoms with van der Waals surface area (Å²) in [6.45, 7) is 7.19. The summed E-state index contributed by atoms with van der Waals surface area (Å²) in [6.07, 6.45) is 0. The van der Waals surface area contributed by atoms with Crippen LogP contribution >= 0.6 is 39.7 Å². The van der Waals surface area contributed by atoms with Crippen LogP contribution in [-0.2, 0) is 0 Å². The minimum atomic E-state index is -0.0961. The number of hydrogen-bond acceptors (Lipinski definition) is 4. The lowest BCUT2D eigenvalue weighted by molar-refractivity contribution is 0.0742. The quantitative estimate of drug-likeness (QED) is 0.846. The van der Waals surface area contributed by atoms with Gasteiger partial charge in [0.15, 0.2) is 5.75 Å². The summed E-state index contributed by atoms with van der Waals surface area (Å²) in [7, 11) is 3.37. The lowest BCUT2D eigenvalue weighted by atomic mass is 9.93. The molecule has 0 aromatic carbocycles. The SMILES string of the molecule is COc1c(C(=O)N(C)CC(C)(C)CN)sc(C)c1Br.Cl. The van der Waals surface area contributed by atoms with Crippen LogP contribution in [-0.4, -0.2) is 38.1 Å². The molecule has 1 heterocycles. The van der Waals surface area contributed by atoms with E-state index in [0.717, 1.165) is 9.35 Å². The Morgan fingerprint density at radius 1 is 1.50 bits per heavy atom. The molecule has 0 atom stereocenters. The van der Waals surface area contributed by atoms with Crippen molar-refractivity contribution >= 4 is 45.6 Å². The average Bonchev–Trinajstić information content (AvgIpc) is 2.63. The van der Waals surface area contributed by atoms with Crippen molar-refractivity contribution < 1.29 is 9.53 Å². The normalized spacial score (nSPS) is 10.9. The molecule has 1 amide bonds. The monoisotopic (exact) mass is 384 g/mol. The Hall–Kier alpha value is -0.300. The fourth-order valence-electron chi connectivity index (χ4n) is 1.78. The number of halogens is 2. The molecule has 1 aromatic heterocycles. The van der Waals surface area contributed by atoms with Crippen LogP contribution in [0.2, 0.25) is 0 Å². The Bertz CT molecular complexity index is 477. The van der Waals surface area contributed by atoms with Crippen LogP contribution in [0.25, 0.3) is 0 Å². The summed E-state index contributed by atoms with van der Waals surface area (Å²) in [5.41, 5.74) is 5.61. The molecule has 1 aromatic rings. The van der Waals surface area contributed by atoms with Gasteiger partial charge in [0.1, 0.15) is 4.88 Å². The molecule has 20 heavy (non-hydrogen) atoms. The van der Waals surface area contributed by atoms with Gasteiger partial charge in [0.2, 0.25) is 0 Å². The second-order valence-corrected chi connectivity index (χ2v) is 7.38. The molecule has 0 unspecified atom stereocenters. The third-order valence-corrected chi connectivity index (χ3v) is 5.22. The van der Waals surface area contributed by atoms with Crippen LogP contribution in [0.5, 0.6) is 5.75 Å². The highest BCUT2D eigenvalue weighted by atomic mass is 79.9. The van der Waals surface area contributed by atoms with Gasteiger partial charge in [0.25, 0.3) is 5.91 Å². The van der Waals surface area contributed by atoms with Gasteiger partial charge in [0.05, 0.1) is 11.6 Å². The van der Waals surface area contributed by atoms with Gasteiger partial charge in [-0.15, -0.1) is 23.7 Å². The Morgan fingerprint density at radius 2 is 2.05 bits per heavy atom. The molecule has 1 rings (SSSR count). The number of thiophene rings is 1. The van der Waals surface area contributed by atoms with Crippen molar-refractivity contribution in [3.63, 3.8) is 0 Å². The van der Waals surface area contributed by atoms with Crippen LogP contribution in [0, 0.1) is 12.3 Å². The number of methoxy groups -OCH3 is 1. The van der Waals surface area contributed by atoms with E-state index in [2.05, 4.69) is 15.9 Å². The Kier molecular flexibility index (Phi) is 7.52. The number of hydrogen-bond donors (Lipinski definition) is 1. The highest BCUT2D eigenvalue weighted by Crippen LogP contribution is 2.39. The second kappa shape index (κ2) is 7.64. The lowest BCUT2D eigenvalue weighted by Crippen LogP contribution is -2.39. The van der Waals surface area contributed by atoms with E-state index in [1.54, 1.807) is 19.1 Å². The van der Waals surface area contributed by atoms with E-state index in [0.29, 0.717) is 23.7 Å². The number of nitrogens with two attached hydrogens (primary N) is 1. The number of aryl methyl sites for hydroxylation is 1. The fourth-order valence-corrected chi connectivity index (χ4v) is 3.52. The molecule has 2 N–H and O–H groups in total. The van der Waals surface area contributed by atoms with Crippen molar-refractivity contribution in [2.45, 2.75) is 20.8 Å². The minimum Gasteiger partial charge on any atom is -0.494 e. The predicted molar refractivity (Wildman–Crippen MR) is 90.4 cm³/mol. The number of rotatable bonds is 5. The van der Waals surface area contributed by atoms with Crippen molar-refractivity contribution in [2.24, 2.45) is 11.1 Å². The van der Waals surface area contributed by atoms with E-state index in [1.807, 2.05) is 20.8 Å². The first kappa shape index (κ1) is 19.7. The maximum Gasteiger partial charge on any atom is 0.267 e. The summed E-state index contributed by atoms with van der Waals surface area (Å²) in [5.74, 6) is 0.585. The molecular formula is C13H22BrClN2O2S. The minimum absolute atomic E-state index is 0. The predicted octanol–water partition coefficient (Wildman–Crippen LogP) is 3.31. The number of amides is 1. The van der Waals surface area contributed by atoms with Gasteiger partial charge in [-0.25, -0.2) is 0 Å². The van der Waals surface area contributed by atoms with E-state index >= 15 is 0 Å². The number of ether oxygens (including phenoxy) is 1. The van der Waals surface area contributed by atoms with Gasteiger partial charge < -0.3 is 15.4 Å². The van der Waals surface area contributed by atoms with Gasteiger partial charge in [-0.3, -0.25) is 4.79 Å². The van der Waals surface area contributed by atoms with Gasteiger partial charge in [-0.2, -0.15) is 0 Å². The average molecular weight is 386 g/mol. The maximum atomic E-state index is 12.5. The summed E-state index contributed by atoms with van der Waals surface area (Å²) in [5, 5.41) is 0. The zero-order valence-electron chi connectivity index (χ0n) is 12.4. The molecule has 7 heteroatoms. The van der Waals surface area contributed by atoms with Crippen LogP contribution in [0.15, 0.2) is 4.47 Å². The van der Waals surface area contributed by atoms with Crippen molar-refractivity contribution in [2.75, 3.05) is 27.2 Å². The Labute approximate surface area is 139 Å². The third-order valence-electron chi connectivity index (χ3n) is 2.93. The van der Waals surface area contributed by atoms with Crippen molar-refractivity contribution in [1.82, 2.24) is 4.90 Å². The van der Waals surface area contributed by atoms with E-state index in [-0.39, 0.29) is 23.7 Å². The fraction of sp³-hybridized carbons (Fsp3) is 0.615. The van der Waals surface area contributed by atoms with E-state index in [9.17, 15) is 4.79 Å². The van der Waals surface area contributed by atoms with E-state index in [4.69, 9.17) is 10.5 Å². The molecule has 0 fully saturated rings. The van der Waals surface area contributed by atoms with Crippen molar-refractivity contribution in [3.8, 4) is 5.75 Å². The maximum absolute atomic E-state index is 12.5. The molecule has 0 spiro atoms. The zero-order valence-corrected chi connectivity index (χ0v) is 15.7. The van der Waals surface area contributed by atoms with Crippen LogP contribution < -0.4 is 10.5 Å². The molecule has 4 nitrogen and oxygen atoms in total. The highest BCUT2D eigenvalue weighted by molar-refractivity contribution is 9.10. The first-order valence-corrected chi connectivity index (χ1v) is 7.63. The molecule has 0 saturated carbocycles. The number of carbonyl (C=O) groups is 1. The number of carbonyl (C=O) groups excluding carboxylic acids is 1. The second-order valence-electron chi connectivity index (χ2n) is 5.36. The topological polar surface area (TPSA) is 55.6 Å². The van der Waals surface area contributed by atoms with Crippen molar-refractivity contribution in [1.29, 1.82) is 0 Å². The highest BCUT2D eigenvalue weighted by Gasteiger charge is 2.26. The molecule has 0 saturated heterocycles. The molecular weight excluding hydrogens is 364 g/mol. The first-order valence-electron chi connectivity index (χ1n) is 6.02. The third kappa shape index (κ3) is 4.35. The summed E-state index contributed by atoms with van der Waals surface area (Å²) in [6, 6.07) is 0. The smallest absolute Gasteiger partial charge is 0.267 e. The van der Waals surface area contributed by atoms with Gasteiger partial charge >= 0.3 is 0 Å². The van der Waals surface area contributed by atoms with Crippen LogP contribution in [0.3, 0.4) is 0 Å². The van der Waals surface area contributed by atoms with Crippen LogP contribution in [0.4, 0.5) is 0 Å². The van der Waals surface area contributed by atoms with Crippen LogP contribution in [0.1, 0.15) is 28.4 Å². The first-order chi connectivity index (χ1) is 8.73. The van der Waals surface area contributed by atoms with Crippen molar-refractivity contribution in [3.05, 3.63) is 14.2 Å². The number of nitrogens with zero attached hydrogens (tertiary/aromatic N) is 1. The molecule has 116 valence electrons. The van der Waals surface area contributed by atoms with Gasteiger partial charge in [-0.1, -0.05) is 13.8 Å². The van der Waals surface area contributed by atoms with Gasteiger partial charge in [-0.05, 0) is 34.8 Å². The summed E-state index contributed by atoms with van der Waals surface area (Å²) < 4.78 is 6.17.